The average Bonchev–Trinajstić information content (AvgIpc) is 3.09. The lowest BCUT2D eigenvalue weighted by atomic mass is 10.3. The van der Waals surface area contributed by atoms with Gasteiger partial charge in [-0.15, -0.1) is 13.2 Å². The normalized spacial score (nSPS) is 15.6. The molecule has 0 N–H and O–H groups in total. The van der Waals surface area contributed by atoms with Gasteiger partial charge in [0.1, 0.15) is 12.0 Å². The van der Waals surface area contributed by atoms with E-state index in [-0.39, 0.29) is 11.7 Å². The van der Waals surface area contributed by atoms with E-state index in [4.69, 9.17) is 0 Å². The third-order valence-corrected chi connectivity index (χ3v) is 2.72. The number of carbonyl (C=O) groups excluding carboxylic acids is 1. The van der Waals surface area contributed by atoms with Gasteiger partial charge in [0.15, 0.2) is 0 Å². The summed E-state index contributed by atoms with van der Waals surface area (Å²) in [5, 5.41) is 0. The van der Waals surface area contributed by atoms with Crippen LogP contribution in [-0.2, 0) is 6.30 Å². The molecule has 0 saturated heterocycles. The summed E-state index contributed by atoms with van der Waals surface area (Å²) in [6.07, 6.45) is -2.77. The first-order valence-electron chi connectivity index (χ1n) is 5.24. The molecule has 8 heteroatoms. The van der Waals surface area contributed by atoms with Crippen LogP contribution in [0.25, 0.3) is 0 Å². The maximum atomic E-state index is 12.3. The summed E-state index contributed by atoms with van der Waals surface area (Å²) in [6, 6.07) is 0.707. The quantitative estimate of drug-likeness (QED) is 0.796. The van der Waals surface area contributed by atoms with Gasteiger partial charge in [-0.3, -0.25) is 9.59 Å². The number of carbonyl (C=O) groups is 1. The van der Waals surface area contributed by atoms with Crippen molar-refractivity contribution in [3.63, 3.8) is 0 Å². The Balaban J connectivity index is 2.29. The Morgan fingerprint density at radius 1 is 1.50 bits per heavy atom. The van der Waals surface area contributed by atoms with Gasteiger partial charge in [0.05, 0.1) is 0 Å². The number of halogens is 3. The molecule has 0 atom stereocenters. The summed E-state index contributed by atoms with van der Waals surface area (Å²) in [7, 11) is 1.54. The average molecular weight is 261 g/mol. The fraction of sp³-hybridized carbons (Fsp3) is 0.500. The Morgan fingerprint density at radius 3 is 2.56 bits per heavy atom. The highest BCUT2D eigenvalue weighted by Gasteiger charge is 2.34. The first-order valence-corrected chi connectivity index (χ1v) is 5.24. The van der Waals surface area contributed by atoms with E-state index >= 15 is 0 Å². The molecule has 1 aliphatic carbocycles. The summed E-state index contributed by atoms with van der Waals surface area (Å²) in [4.78, 5) is 27.8. The van der Waals surface area contributed by atoms with E-state index < -0.39 is 22.3 Å². The van der Waals surface area contributed by atoms with Crippen molar-refractivity contribution in [2.75, 3.05) is 7.05 Å². The van der Waals surface area contributed by atoms with Crippen LogP contribution in [0.15, 0.2) is 17.2 Å². The third kappa shape index (κ3) is 2.36. The van der Waals surface area contributed by atoms with E-state index in [2.05, 4.69) is 4.98 Å². The number of amides is 1. The Bertz CT molecular complexity index is 534. The molecule has 18 heavy (non-hydrogen) atoms. The smallest absolute Gasteiger partial charge is 0.337 e. The highest BCUT2D eigenvalue weighted by Crippen LogP contribution is 2.26. The molecular weight excluding hydrogens is 251 g/mol. The zero-order valence-corrected chi connectivity index (χ0v) is 9.44. The van der Waals surface area contributed by atoms with Gasteiger partial charge in [-0.2, -0.15) is 0 Å². The molecule has 1 saturated carbocycles. The van der Waals surface area contributed by atoms with Gasteiger partial charge in [-0.25, -0.2) is 9.55 Å². The molecule has 0 aliphatic heterocycles. The van der Waals surface area contributed by atoms with E-state index in [1.165, 1.54) is 11.9 Å². The molecule has 2 rings (SSSR count). The highest BCUT2D eigenvalue weighted by molar-refractivity contribution is 5.92. The molecular formula is C10H10F3N3O2. The minimum atomic E-state index is -4.83. The van der Waals surface area contributed by atoms with Crippen molar-refractivity contribution in [3.8, 4) is 0 Å². The highest BCUT2D eigenvalue weighted by atomic mass is 19.4. The monoisotopic (exact) mass is 261 g/mol. The van der Waals surface area contributed by atoms with E-state index in [0.29, 0.717) is 12.4 Å². The molecule has 1 heterocycles. The van der Waals surface area contributed by atoms with Crippen molar-refractivity contribution in [1.29, 1.82) is 0 Å². The minimum Gasteiger partial charge on any atom is -0.337 e. The lowest BCUT2D eigenvalue weighted by Crippen LogP contribution is -2.34. The maximum Gasteiger partial charge on any atom is 0.492 e. The van der Waals surface area contributed by atoms with Gasteiger partial charge in [-0.1, -0.05) is 0 Å². The maximum absolute atomic E-state index is 12.3. The predicted octanol–water partition coefficient (Wildman–Crippen LogP) is 0.954. The van der Waals surface area contributed by atoms with Crippen molar-refractivity contribution >= 4 is 5.91 Å². The Hall–Kier alpha value is -1.86. The number of hydrogen-bond donors (Lipinski definition) is 0. The van der Waals surface area contributed by atoms with E-state index in [9.17, 15) is 22.8 Å². The molecule has 0 spiro atoms. The summed E-state index contributed by atoms with van der Waals surface area (Å²) < 4.78 is 36.4. The topological polar surface area (TPSA) is 55.2 Å². The summed E-state index contributed by atoms with van der Waals surface area (Å²) in [5.41, 5.74) is -1.58. The molecule has 0 aromatic carbocycles. The van der Waals surface area contributed by atoms with E-state index in [0.717, 1.165) is 12.8 Å². The molecule has 5 nitrogen and oxygen atoms in total. The second-order valence-corrected chi connectivity index (χ2v) is 4.10. The molecule has 0 radical (unpaired) electrons. The molecule has 1 aromatic rings. The zero-order chi connectivity index (χ0) is 13.5. The van der Waals surface area contributed by atoms with Crippen LogP contribution in [0.5, 0.6) is 0 Å². The first kappa shape index (κ1) is 12.6. The molecule has 98 valence electrons. The van der Waals surface area contributed by atoms with Gasteiger partial charge in [0.25, 0.3) is 11.5 Å². The lowest BCUT2D eigenvalue weighted by Gasteiger charge is -2.16. The van der Waals surface area contributed by atoms with Crippen molar-refractivity contribution in [1.82, 2.24) is 14.5 Å². The summed E-state index contributed by atoms with van der Waals surface area (Å²) in [6.45, 7) is 0. The van der Waals surface area contributed by atoms with E-state index in [1.807, 2.05) is 0 Å². The van der Waals surface area contributed by atoms with Crippen molar-refractivity contribution in [2.45, 2.75) is 25.2 Å². The van der Waals surface area contributed by atoms with Crippen LogP contribution in [0, 0.1) is 0 Å². The van der Waals surface area contributed by atoms with Crippen LogP contribution in [0.1, 0.15) is 23.3 Å². The first-order chi connectivity index (χ1) is 8.30. The predicted molar refractivity (Wildman–Crippen MR) is 54.9 cm³/mol. The molecule has 1 aromatic heterocycles. The van der Waals surface area contributed by atoms with Gasteiger partial charge < -0.3 is 4.90 Å². The van der Waals surface area contributed by atoms with Gasteiger partial charge in [0.2, 0.25) is 0 Å². The molecule has 1 amide bonds. The van der Waals surface area contributed by atoms with Gasteiger partial charge in [0, 0.05) is 19.2 Å². The molecule has 1 fully saturated rings. The second-order valence-electron chi connectivity index (χ2n) is 4.10. The number of rotatable bonds is 2. The fourth-order valence-electron chi connectivity index (χ4n) is 1.52. The van der Waals surface area contributed by atoms with Crippen LogP contribution in [-0.4, -0.2) is 33.4 Å². The second kappa shape index (κ2) is 4.11. The standard InChI is InChI=1S/C10H10F3N3O2/c1-15(6-2-3-6)9(18)7-4-8(17)16(5-14-7)10(11,12)13/h4-6H,2-3H2,1H3. The Kier molecular flexibility index (Phi) is 2.88. The van der Waals surface area contributed by atoms with Crippen molar-refractivity contribution < 1.29 is 18.0 Å². The number of aromatic nitrogens is 2. The van der Waals surface area contributed by atoms with Crippen molar-refractivity contribution in [2.24, 2.45) is 0 Å². The lowest BCUT2D eigenvalue weighted by molar-refractivity contribution is -0.206. The Morgan fingerprint density at radius 2 is 2.11 bits per heavy atom. The van der Waals surface area contributed by atoms with E-state index in [1.54, 1.807) is 0 Å². The number of hydrogen-bond acceptors (Lipinski definition) is 3. The van der Waals surface area contributed by atoms with Crippen LogP contribution < -0.4 is 5.56 Å². The van der Waals surface area contributed by atoms with Gasteiger partial charge >= 0.3 is 6.30 Å². The molecule has 1 aliphatic rings. The van der Waals surface area contributed by atoms with Crippen LogP contribution in [0.4, 0.5) is 13.2 Å². The largest absolute Gasteiger partial charge is 0.492 e. The SMILES string of the molecule is CN(C(=O)c1cc(=O)n(C(F)(F)F)cn1)C1CC1. The number of alkyl halides is 3. The summed E-state index contributed by atoms with van der Waals surface area (Å²) in [5.74, 6) is -0.538. The van der Waals surface area contributed by atoms with Crippen LogP contribution in [0.3, 0.4) is 0 Å². The Labute approximate surface area is 99.8 Å². The number of nitrogens with zero attached hydrogens (tertiary/aromatic N) is 3. The van der Waals surface area contributed by atoms with Crippen molar-refractivity contribution in [3.05, 3.63) is 28.4 Å². The van der Waals surface area contributed by atoms with Crippen LogP contribution >= 0.6 is 0 Å². The van der Waals surface area contributed by atoms with Crippen LogP contribution in [0.2, 0.25) is 0 Å². The molecule has 0 bridgehead atoms. The minimum absolute atomic E-state index is 0.101. The van der Waals surface area contributed by atoms with Gasteiger partial charge in [-0.05, 0) is 12.8 Å². The molecule has 0 unspecified atom stereocenters. The fourth-order valence-corrected chi connectivity index (χ4v) is 1.52. The third-order valence-electron chi connectivity index (χ3n) is 2.72. The summed E-state index contributed by atoms with van der Waals surface area (Å²) >= 11 is 0. The zero-order valence-electron chi connectivity index (χ0n) is 9.44.